The third-order valence-corrected chi connectivity index (χ3v) is 3.60. The number of ether oxygens (including phenoxy) is 2. The highest BCUT2D eigenvalue weighted by Crippen LogP contribution is 2.32. The first-order valence-electron chi connectivity index (χ1n) is 6.58. The Labute approximate surface area is 113 Å². The van der Waals surface area contributed by atoms with Gasteiger partial charge in [-0.15, -0.1) is 0 Å². The number of methoxy groups -OCH3 is 1. The van der Waals surface area contributed by atoms with Gasteiger partial charge in [-0.3, -0.25) is 4.79 Å². The SMILES string of the molecule is COc1ccc(C(C)=O)c(OCC2(O)CCCC2)c1. The third kappa shape index (κ3) is 3.26. The summed E-state index contributed by atoms with van der Waals surface area (Å²) in [7, 11) is 1.57. The number of ketones is 1. The van der Waals surface area contributed by atoms with Crippen LogP contribution < -0.4 is 9.47 Å². The topological polar surface area (TPSA) is 55.8 Å². The maximum atomic E-state index is 11.6. The fourth-order valence-electron chi connectivity index (χ4n) is 2.43. The van der Waals surface area contributed by atoms with Crippen LogP contribution in [0.5, 0.6) is 11.5 Å². The molecule has 0 radical (unpaired) electrons. The summed E-state index contributed by atoms with van der Waals surface area (Å²) < 4.78 is 10.8. The lowest BCUT2D eigenvalue weighted by Gasteiger charge is -2.23. The van der Waals surface area contributed by atoms with E-state index in [-0.39, 0.29) is 12.4 Å². The number of carbonyl (C=O) groups excluding carboxylic acids is 1. The molecule has 1 aliphatic rings. The summed E-state index contributed by atoms with van der Waals surface area (Å²) >= 11 is 0. The lowest BCUT2D eigenvalue weighted by Crippen LogP contribution is -2.32. The van der Waals surface area contributed by atoms with Crippen molar-refractivity contribution in [3.8, 4) is 11.5 Å². The fraction of sp³-hybridized carbons (Fsp3) is 0.533. The van der Waals surface area contributed by atoms with Gasteiger partial charge in [0.15, 0.2) is 5.78 Å². The molecule has 0 aliphatic heterocycles. The number of benzene rings is 1. The van der Waals surface area contributed by atoms with E-state index in [1.165, 1.54) is 6.92 Å². The molecule has 0 spiro atoms. The second kappa shape index (κ2) is 5.61. The van der Waals surface area contributed by atoms with E-state index < -0.39 is 5.60 Å². The molecule has 0 heterocycles. The number of hydrogen-bond acceptors (Lipinski definition) is 4. The van der Waals surface area contributed by atoms with Gasteiger partial charge >= 0.3 is 0 Å². The van der Waals surface area contributed by atoms with Crippen LogP contribution >= 0.6 is 0 Å². The molecule has 4 nitrogen and oxygen atoms in total. The molecule has 0 bridgehead atoms. The highest BCUT2D eigenvalue weighted by molar-refractivity contribution is 5.97. The van der Waals surface area contributed by atoms with E-state index in [1.807, 2.05) is 0 Å². The molecule has 1 aromatic rings. The number of rotatable bonds is 5. The summed E-state index contributed by atoms with van der Waals surface area (Å²) in [5, 5.41) is 10.3. The van der Waals surface area contributed by atoms with Crippen LogP contribution in [0.3, 0.4) is 0 Å². The second-order valence-corrected chi connectivity index (χ2v) is 5.14. The molecule has 0 amide bonds. The number of Topliss-reactive ketones (excluding diaryl/α,β-unsaturated/α-hetero) is 1. The predicted molar refractivity (Wildman–Crippen MR) is 71.9 cm³/mol. The van der Waals surface area contributed by atoms with Crippen LogP contribution in [0.1, 0.15) is 43.0 Å². The Kier molecular flexibility index (Phi) is 4.10. The second-order valence-electron chi connectivity index (χ2n) is 5.14. The maximum Gasteiger partial charge on any atom is 0.163 e. The largest absolute Gasteiger partial charge is 0.497 e. The van der Waals surface area contributed by atoms with Gasteiger partial charge in [0.05, 0.1) is 18.3 Å². The molecule has 0 unspecified atom stereocenters. The first kappa shape index (κ1) is 13.9. The summed E-state index contributed by atoms with van der Waals surface area (Å²) in [6.45, 7) is 1.72. The normalized spacial score (nSPS) is 17.2. The molecule has 1 saturated carbocycles. The molecule has 0 atom stereocenters. The molecule has 1 aliphatic carbocycles. The molecule has 104 valence electrons. The van der Waals surface area contributed by atoms with Crippen LogP contribution in [0.2, 0.25) is 0 Å². The van der Waals surface area contributed by atoms with Crippen LogP contribution in [-0.4, -0.2) is 30.2 Å². The monoisotopic (exact) mass is 264 g/mol. The Morgan fingerprint density at radius 2 is 2.05 bits per heavy atom. The zero-order chi connectivity index (χ0) is 13.9. The number of carbonyl (C=O) groups is 1. The van der Waals surface area contributed by atoms with Crippen LogP contribution in [0.15, 0.2) is 18.2 Å². The summed E-state index contributed by atoms with van der Waals surface area (Å²) in [6, 6.07) is 5.11. The first-order valence-corrected chi connectivity index (χ1v) is 6.58. The number of hydrogen-bond donors (Lipinski definition) is 1. The van der Waals surface area contributed by atoms with Gasteiger partial charge in [-0.25, -0.2) is 0 Å². The Bertz CT molecular complexity index is 461. The third-order valence-electron chi connectivity index (χ3n) is 3.60. The molecule has 1 aromatic carbocycles. The Balaban J connectivity index is 2.15. The van der Waals surface area contributed by atoms with E-state index >= 15 is 0 Å². The Morgan fingerprint density at radius 3 is 2.63 bits per heavy atom. The van der Waals surface area contributed by atoms with Crippen LogP contribution in [-0.2, 0) is 0 Å². The van der Waals surface area contributed by atoms with Gasteiger partial charge in [0.25, 0.3) is 0 Å². The minimum Gasteiger partial charge on any atom is -0.497 e. The molecule has 0 saturated heterocycles. The van der Waals surface area contributed by atoms with Crippen molar-refractivity contribution in [2.45, 2.75) is 38.2 Å². The summed E-state index contributed by atoms with van der Waals surface area (Å²) in [5.74, 6) is 1.06. The molecule has 2 rings (SSSR count). The van der Waals surface area contributed by atoms with E-state index in [0.717, 1.165) is 25.7 Å². The first-order chi connectivity index (χ1) is 9.04. The van der Waals surface area contributed by atoms with E-state index in [2.05, 4.69) is 0 Å². The Hall–Kier alpha value is -1.55. The lowest BCUT2D eigenvalue weighted by molar-refractivity contribution is 0.00110. The van der Waals surface area contributed by atoms with Crippen molar-refractivity contribution >= 4 is 5.78 Å². The standard InChI is InChI=1S/C15H20O4/c1-11(16)13-6-5-12(18-2)9-14(13)19-10-15(17)7-3-4-8-15/h5-6,9,17H,3-4,7-8,10H2,1-2H3. The van der Waals surface area contributed by atoms with E-state index in [9.17, 15) is 9.90 Å². The molecule has 1 fully saturated rings. The minimum absolute atomic E-state index is 0.0592. The minimum atomic E-state index is -0.753. The predicted octanol–water partition coefficient (Wildman–Crippen LogP) is 2.58. The lowest BCUT2D eigenvalue weighted by atomic mass is 10.0. The molecule has 0 aromatic heterocycles. The van der Waals surface area contributed by atoms with Crippen LogP contribution in [0.25, 0.3) is 0 Å². The van der Waals surface area contributed by atoms with Gasteiger partial charge in [-0.2, -0.15) is 0 Å². The average molecular weight is 264 g/mol. The zero-order valence-corrected chi connectivity index (χ0v) is 11.4. The van der Waals surface area contributed by atoms with Crippen molar-refractivity contribution in [3.63, 3.8) is 0 Å². The van der Waals surface area contributed by atoms with Gasteiger partial charge in [-0.1, -0.05) is 12.8 Å². The zero-order valence-electron chi connectivity index (χ0n) is 11.4. The summed E-state index contributed by atoms with van der Waals surface area (Å²) in [6.07, 6.45) is 3.56. The fourth-order valence-corrected chi connectivity index (χ4v) is 2.43. The van der Waals surface area contributed by atoms with Crippen molar-refractivity contribution in [1.29, 1.82) is 0 Å². The van der Waals surface area contributed by atoms with Crippen LogP contribution in [0.4, 0.5) is 0 Å². The van der Waals surface area contributed by atoms with Crippen molar-refractivity contribution in [2.75, 3.05) is 13.7 Å². The molecular formula is C15H20O4. The Morgan fingerprint density at radius 1 is 1.37 bits per heavy atom. The molecular weight excluding hydrogens is 244 g/mol. The summed E-state index contributed by atoms with van der Waals surface area (Å²) in [5.41, 5.74) is -0.237. The maximum absolute atomic E-state index is 11.6. The van der Waals surface area contributed by atoms with Crippen LogP contribution in [0, 0.1) is 0 Å². The number of aliphatic hydroxyl groups is 1. The van der Waals surface area contributed by atoms with Gasteiger partial charge in [0.1, 0.15) is 18.1 Å². The van der Waals surface area contributed by atoms with E-state index in [4.69, 9.17) is 9.47 Å². The van der Waals surface area contributed by atoms with Crippen molar-refractivity contribution in [2.24, 2.45) is 0 Å². The quantitative estimate of drug-likeness (QED) is 0.830. The van der Waals surface area contributed by atoms with Gasteiger partial charge < -0.3 is 14.6 Å². The molecule has 19 heavy (non-hydrogen) atoms. The summed E-state index contributed by atoms with van der Waals surface area (Å²) in [4.78, 5) is 11.6. The highest BCUT2D eigenvalue weighted by atomic mass is 16.5. The van der Waals surface area contributed by atoms with E-state index in [0.29, 0.717) is 17.1 Å². The van der Waals surface area contributed by atoms with Crippen molar-refractivity contribution in [1.82, 2.24) is 0 Å². The van der Waals surface area contributed by atoms with Gasteiger partial charge in [-0.05, 0) is 31.9 Å². The van der Waals surface area contributed by atoms with Crippen molar-refractivity contribution < 1.29 is 19.4 Å². The van der Waals surface area contributed by atoms with Crippen molar-refractivity contribution in [3.05, 3.63) is 23.8 Å². The van der Waals surface area contributed by atoms with Gasteiger partial charge in [0.2, 0.25) is 0 Å². The highest BCUT2D eigenvalue weighted by Gasteiger charge is 2.32. The van der Waals surface area contributed by atoms with E-state index in [1.54, 1.807) is 25.3 Å². The molecule has 1 N–H and O–H groups in total. The van der Waals surface area contributed by atoms with Gasteiger partial charge in [0, 0.05) is 6.07 Å². The smallest absolute Gasteiger partial charge is 0.163 e. The molecule has 4 heteroatoms. The average Bonchev–Trinajstić information content (AvgIpc) is 2.83.